The minimum atomic E-state index is -1.63. The Hall–Kier alpha value is -4.90. The molecule has 242 valence electrons. The molecule has 2 aliphatic carbocycles. The average Bonchev–Trinajstić information content (AvgIpc) is 3.42. The van der Waals surface area contributed by atoms with Crippen LogP contribution in [-0.2, 0) is 24.6 Å². The van der Waals surface area contributed by atoms with E-state index in [9.17, 15) is 23.9 Å². The third-order valence-electron chi connectivity index (χ3n) is 10.3. The highest BCUT2D eigenvalue weighted by Crippen LogP contribution is 2.66. The number of fused-ring (bicyclic) bond motifs is 4. The number of ether oxygens (including phenoxy) is 2. The molecule has 47 heavy (non-hydrogen) atoms. The molecule has 4 aliphatic rings. The predicted octanol–water partition coefficient (Wildman–Crippen LogP) is 4.82. The number of amides is 4. The van der Waals surface area contributed by atoms with E-state index in [1.807, 2.05) is 6.08 Å². The fourth-order valence-electron chi connectivity index (χ4n) is 8.34. The van der Waals surface area contributed by atoms with Crippen molar-refractivity contribution in [1.29, 1.82) is 0 Å². The molecule has 3 aromatic carbocycles. The van der Waals surface area contributed by atoms with Gasteiger partial charge in [-0.05, 0) is 60.7 Å². The molecule has 0 radical (unpaired) electrons. The van der Waals surface area contributed by atoms with Crippen LogP contribution in [0.3, 0.4) is 0 Å². The van der Waals surface area contributed by atoms with E-state index >= 15 is 4.79 Å². The maximum Gasteiger partial charge on any atom is 0.260 e. The minimum Gasteiger partial charge on any atom is -0.508 e. The number of methoxy groups -OCH3 is 2. The van der Waals surface area contributed by atoms with Gasteiger partial charge in [-0.25, -0.2) is 4.39 Å². The molecule has 1 saturated carbocycles. The summed E-state index contributed by atoms with van der Waals surface area (Å²) in [5.41, 5.74) is 3.18. The van der Waals surface area contributed by atoms with E-state index in [1.54, 1.807) is 24.3 Å². The number of aromatic hydroxyl groups is 1. The molecule has 2 saturated heterocycles. The Morgan fingerprint density at radius 3 is 2.17 bits per heavy atom. The van der Waals surface area contributed by atoms with Gasteiger partial charge in [0.2, 0.25) is 11.8 Å². The van der Waals surface area contributed by atoms with Crippen molar-refractivity contribution in [3.63, 3.8) is 0 Å². The summed E-state index contributed by atoms with van der Waals surface area (Å²) < 4.78 is 25.4. The summed E-state index contributed by atoms with van der Waals surface area (Å²) in [7, 11) is 4.31. The summed E-state index contributed by atoms with van der Waals surface area (Å²) >= 11 is 6.33. The van der Waals surface area contributed by atoms with Crippen LogP contribution in [0.15, 0.2) is 72.3 Å². The van der Waals surface area contributed by atoms with E-state index in [0.717, 1.165) is 9.91 Å². The number of anilines is 1. The number of benzene rings is 3. The van der Waals surface area contributed by atoms with Crippen LogP contribution in [0.25, 0.3) is 0 Å². The van der Waals surface area contributed by atoms with Crippen molar-refractivity contribution >= 4 is 40.9 Å². The molecular weight excluding hydrogens is 629 g/mol. The normalized spacial score (nSPS) is 28.1. The largest absolute Gasteiger partial charge is 0.508 e. The third kappa shape index (κ3) is 4.36. The highest BCUT2D eigenvalue weighted by atomic mass is 35.5. The van der Waals surface area contributed by atoms with E-state index in [0.29, 0.717) is 27.4 Å². The van der Waals surface area contributed by atoms with E-state index < -0.39 is 52.6 Å². The third-order valence-corrected chi connectivity index (χ3v) is 10.5. The number of likely N-dealkylation sites (tertiary alicyclic amines) is 1. The lowest BCUT2D eigenvalue weighted by Gasteiger charge is -2.51. The van der Waals surface area contributed by atoms with Crippen LogP contribution in [0.4, 0.5) is 10.1 Å². The first kappa shape index (κ1) is 30.7. The van der Waals surface area contributed by atoms with Crippen molar-refractivity contribution in [2.75, 3.05) is 26.7 Å². The summed E-state index contributed by atoms with van der Waals surface area (Å²) in [5.74, 6) is -5.90. The van der Waals surface area contributed by atoms with E-state index in [2.05, 4.69) is 5.43 Å². The Labute approximate surface area is 274 Å². The predicted molar refractivity (Wildman–Crippen MR) is 168 cm³/mol. The molecule has 2 N–H and O–H groups in total. The van der Waals surface area contributed by atoms with Gasteiger partial charge in [0.05, 0.1) is 43.1 Å². The van der Waals surface area contributed by atoms with Crippen LogP contribution in [-0.4, -0.2) is 59.9 Å². The van der Waals surface area contributed by atoms with Gasteiger partial charge in [-0.15, -0.1) is 0 Å². The number of nitrogens with one attached hydrogen (secondary N) is 1. The molecular formula is C35H31ClFN3O7. The number of phenolic OH excluding ortho intramolecular Hbond substituents is 1. The zero-order valence-corrected chi connectivity index (χ0v) is 26.5. The number of halogens is 2. The Morgan fingerprint density at radius 2 is 1.55 bits per heavy atom. The minimum absolute atomic E-state index is 0.0911. The zero-order valence-electron chi connectivity index (χ0n) is 25.7. The lowest BCUT2D eigenvalue weighted by Crippen LogP contribution is -2.53. The second-order valence-electron chi connectivity index (χ2n) is 12.4. The van der Waals surface area contributed by atoms with Crippen molar-refractivity contribution in [1.82, 2.24) is 9.91 Å². The molecule has 7 rings (SSSR count). The summed E-state index contributed by atoms with van der Waals surface area (Å²) in [5, 5.41) is 12.0. The number of imide groups is 2. The van der Waals surface area contributed by atoms with Crippen LogP contribution in [0, 0.1) is 29.5 Å². The lowest BCUT2D eigenvalue weighted by molar-refractivity contribution is -0.140. The van der Waals surface area contributed by atoms with Crippen LogP contribution >= 0.6 is 11.6 Å². The number of phenols is 1. The number of carbonyl (C=O) groups excluding carboxylic acids is 4. The molecule has 10 nitrogen and oxygen atoms in total. The van der Waals surface area contributed by atoms with Gasteiger partial charge in [0.15, 0.2) is 0 Å². The number of hydrogen-bond acceptors (Lipinski definition) is 8. The maximum atomic E-state index is 15.2. The van der Waals surface area contributed by atoms with Crippen LogP contribution in [0.1, 0.15) is 29.9 Å². The first-order valence-electron chi connectivity index (χ1n) is 15.2. The molecule has 4 amide bonds. The van der Waals surface area contributed by atoms with Crippen molar-refractivity contribution < 1.29 is 38.1 Å². The topological polar surface area (TPSA) is 125 Å². The maximum absolute atomic E-state index is 15.2. The number of carbonyl (C=O) groups is 4. The van der Waals surface area contributed by atoms with Crippen LogP contribution in [0.2, 0.25) is 5.02 Å². The van der Waals surface area contributed by atoms with Crippen molar-refractivity contribution in [2.24, 2.45) is 23.7 Å². The summed E-state index contributed by atoms with van der Waals surface area (Å²) in [6.45, 7) is 0. The van der Waals surface area contributed by atoms with Gasteiger partial charge in [0, 0.05) is 35.7 Å². The molecule has 6 unspecified atom stereocenters. The average molecular weight is 660 g/mol. The van der Waals surface area contributed by atoms with Gasteiger partial charge >= 0.3 is 0 Å². The molecule has 2 aliphatic heterocycles. The molecule has 3 aromatic rings. The SMILES string of the molecule is COc1cc(O)cc(OC)c1C1C2=CCC3C(=O)N(C)C(=O)C3C2CC2C(=O)N(Nc3ccc(F)cc3)C(=O)C21c1ccc(Cl)cc1. The molecule has 0 spiro atoms. The van der Waals surface area contributed by atoms with Gasteiger partial charge in [-0.3, -0.25) is 29.5 Å². The Morgan fingerprint density at radius 1 is 0.915 bits per heavy atom. The highest BCUT2D eigenvalue weighted by molar-refractivity contribution is 6.30. The standard InChI is InChI=1S/C35H31ClFN3O7/c1-39-31(42)23-13-12-22-24(28(23)33(39)44)16-25-32(43)40(38-20-10-8-19(37)9-11-20)34(45)35(25,17-4-6-18(36)7-5-17)30(22)29-26(46-2)14-21(41)15-27(29)47-3/h4-12,14-15,23-25,28,30,38,41H,13,16H2,1-3H3. The summed E-state index contributed by atoms with van der Waals surface area (Å²) in [6.07, 6.45) is 2.26. The van der Waals surface area contributed by atoms with E-state index in [1.165, 1.54) is 57.7 Å². The highest BCUT2D eigenvalue weighted by Gasteiger charge is 2.71. The second-order valence-corrected chi connectivity index (χ2v) is 12.8. The molecule has 0 aromatic heterocycles. The zero-order chi connectivity index (χ0) is 33.4. The van der Waals surface area contributed by atoms with E-state index in [4.69, 9.17) is 21.1 Å². The smallest absolute Gasteiger partial charge is 0.260 e. The van der Waals surface area contributed by atoms with Gasteiger partial charge in [0.1, 0.15) is 23.1 Å². The molecule has 2 heterocycles. The Balaban J connectivity index is 1.53. The summed E-state index contributed by atoms with van der Waals surface area (Å²) in [4.78, 5) is 57.8. The van der Waals surface area contributed by atoms with Crippen molar-refractivity contribution in [3.8, 4) is 17.2 Å². The number of allylic oxidation sites excluding steroid dienone is 2. The van der Waals surface area contributed by atoms with Crippen molar-refractivity contribution in [3.05, 3.63) is 94.3 Å². The fraction of sp³-hybridized carbons (Fsp3) is 0.314. The second kappa shape index (κ2) is 11.1. The quantitative estimate of drug-likeness (QED) is 0.285. The molecule has 12 heteroatoms. The van der Waals surface area contributed by atoms with Gasteiger partial charge < -0.3 is 14.6 Å². The van der Waals surface area contributed by atoms with Gasteiger partial charge in [-0.2, -0.15) is 5.01 Å². The van der Waals surface area contributed by atoms with Gasteiger partial charge in [-0.1, -0.05) is 35.4 Å². The Bertz CT molecular complexity index is 1840. The van der Waals surface area contributed by atoms with Crippen LogP contribution in [0.5, 0.6) is 17.2 Å². The number of hydrogen-bond donors (Lipinski definition) is 2. The molecule has 0 bridgehead atoms. The van der Waals surface area contributed by atoms with E-state index in [-0.39, 0.29) is 41.9 Å². The first-order valence-corrected chi connectivity index (χ1v) is 15.5. The molecule has 6 atom stereocenters. The number of hydrazine groups is 1. The summed E-state index contributed by atoms with van der Waals surface area (Å²) in [6, 6.07) is 14.8. The Kier molecular flexibility index (Phi) is 7.27. The fourth-order valence-corrected chi connectivity index (χ4v) is 8.46. The van der Waals surface area contributed by atoms with Crippen LogP contribution < -0.4 is 14.9 Å². The van der Waals surface area contributed by atoms with Crippen molar-refractivity contribution in [2.45, 2.75) is 24.2 Å². The number of rotatable bonds is 6. The number of nitrogens with zero attached hydrogens (tertiary/aromatic N) is 2. The lowest BCUT2D eigenvalue weighted by atomic mass is 9.49. The first-order chi connectivity index (χ1) is 22.5. The van der Waals surface area contributed by atoms with Gasteiger partial charge in [0.25, 0.3) is 11.8 Å². The molecule has 3 fully saturated rings. The monoisotopic (exact) mass is 659 g/mol.